The molecule has 7 rings (SSSR count). The fraction of sp³-hybridized carbons (Fsp3) is 0.216. The lowest BCUT2D eigenvalue weighted by Gasteiger charge is -2.23. The summed E-state index contributed by atoms with van der Waals surface area (Å²) in [5, 5.41) is 3.02. The van der Waals surface area contributed by atoms with E-state index in [1.165, 1.54) is 24.0 Å². The van der Waals surface area contributed by atoms with Crippen LogP contribution in [0.4, 0.5) is 5.69 Å². The van der Waals surface area contributed by atoms with Crippen molar-refractivity contribution >= 4 is 17.5 Å². The Hall–Kier alpha value is -5.01. The zero-order valence-corrected chi connectivity index (χ0v) is 24.7. The fourth-order valence-corrected chi connectivity index (χ4v) is 6.38. The van der Waals surface area contributed by atoms with Crippen LogP contribution < -0.4 is 10.2 Å². The molecule has 44 heavy (non-hydrogen) atoms. The molecule has 2 aliphatic heterocycles. The molecular formula is C37H35N5O2. The lowest BCUT2D eigenvalue weighted by atomic mass is 9.98. The van der Waals surface area contributed by atoms with E-state index in [1.807, 2.05) is 70.1 Å². The molecule has 3 aromatic carbocycles. The maximum atomic E-state index is 14.1. The van der Waals surface area contributed by atoms with Crippen molar-refractivity contribution in [2.24, 2.45) is 0 Å². The van der Waals surface area contributed by atoms with Crippen molar-refractivity contribution in [3.8, 4) is 11.1 Å². The second kappa shape index (κ2) is 12.3. The van der Waals surface area contributed by atoms with Gasteiger partial charge in [0.15, 0.2) is 0 Å². The summed E-state index contributed by atoms with van der Waals surface area (Å²) in [4.78, 5) is 35.8. The molecule has 2 amide bonds. The molecule has 7 heteroatoms. The number of likely N-dealkylation sites (tertiary alicyclic amines) is 1. The predicted octanol–water partition coefficient (Wildman–Crippen LogP) is 6.28. The number of pyridine rings is 1. The van der Waals surface area contributed by atoms with Gasteiger partial charge in [-0.1, -0.05) is 60.7 Å². The Balaban J connectivity index is 1.13. The highest BCUT2D eigenvalue weighted by Gasteiger charge is 2.27. The monoisotopic (exact) mass is 581 g/mol. The van der Waals surface area contributed by atoms with E-state index in [9.17, 15) is 9.59 Å². The maximum Gasteiger partial charge on any atom is 0.268 e. The van der Waals surface area contributed by atoms with E-state index in [0.717, 1.165) is 47.7 Å². The smallest absolute Gasteiger partial charge is 0.268 e. The molecule has 0 radical (unpaired) electrons. The Bertz CT molecular complexity index is 1790. The Labute approximate surface area is 257 Å². The van der Waals surface area contributed by atoms with Crippen LogP contribution in [0.5, 0.6) is 0 Å². The van der Waals surface area contributed by atoms with Gasteiger partial charge in [-0.25, -0.2) is 0 Å². The number of benzene rings is 3. The van der Waals surface area contributed by atoms with Crippen LogP contribution in [0, 0.1) is 0 Å². The van der Waals surface area contributed by atoms with Crippen molar-refractivity contribution in [2.75, 3.05) is 18.0 Å². The van der Waals surface area contributed by atoms with Crippen LogP contribution in [0.3, 0.4) is 0 Å². The Morgan fingerprint density at radius 1 is 0.795 bits per heavy atom. The average Bonchev–Trinajstić information content (AvgIpc) is 3.70. The molecule has 1 saturated heterocycles. The molecule has 2 aliphatic rings. The Kier molecular flexibility index (Phi) is 7.78. The number of anilines is 1. The summed E-state index contributed by atoms with van der Waals surface area (Å²) in [7, 11) is 0. The van der Waals surface area contributed by atoms with Gasteiger partial charge in [0.05, 0.1) is 13.1 Å². The van der Waals surface area contributed by atoms with Gasteiger partial charge in [0, 0.05) is 42.4 Å². The minimum Gasteiger partial charge on any atom is -0.347 e. The van der Waals surface area contributed by atoms with Gasteiger partial charge < -0.3 is 14.8 Å². The van der Waals surface area contributed by atoms with Gasteiger partial charge in [-0.3, -0.25) is 19.5 Å². The van der Waals surface area contributed by atoms with Gasteiger partial charge in [0.25, 0.3) is 11.8 Å². The SMILES string of the molecule is O=C(NCc1cccnc1)c1ccc2n1Cc1ccccc1N(C(=O)c1ccc(-c3ccccc3CN3CCCC3)cc1)C2. The third kappa shape index (κ3) is 5.66. The normalized spacial score (nSPS) is 14.5. The zero-order valence-electron chi connectivity index (χ0n) is 24.7. The first-order valence-corrected chi connectivity index (χ1v) is 15.3. The number of nitrogens with one attached hydrogen (secondary N) is 1. The number of fused-ring (bicyclic) bond motifs is 2. The molecular weight excluding hydrogens is 546 g/mol. The quantitative estimate of drug-likeness (QED) is 0.246. The summed E-state index contributed by atoms with van der Waals surface area (Å²) in [6.07, 6.45) is 6.00. The van der Waals surface area contributed by atoms with E-state index in [-0.39, 0.29) is 11.8 Å². The highest BCUT2D eigenvalue weighted by molar-refractivity contribution is 6.07. The first-order chi connectivity index (χ1) is 21.6. The second-order valence-electron chi connectivity index (χ2n) is 11.6. The molecule has 0 atom stereocenters. The minimum atomic E-state index is -0.155. The number of carbonyl (C=O) groups excluding carboxylic acids is 2. The number of hydrogen-bond acceptors (Lipinski definition) is 4. The summed E-state index contributed by atoms with van der Waals surface area (Å²) in [6.45, 7) is 4.52. The van der Waals surface area contributed by atoms with Crippen LogP contribution in [0.25, 0.3) is 11.1 Å². The van der Waals surface area contributed by atoms with Gasteiger partial charge >= 0.3 is 0 Å². The second-order valence-corrected chi connectivity index (χ2v) is 11.6. The summed E-state index contributed by atoms with van der Waals surface area (Å²) in [5.74, 6) is -0.218. The van der Waals surface area contributed by atoms with E-state index >= 15 is 0 Å². The number of aromatic nitrogens is 2. The van der Waals surface area contributed by atoms with Crippen molar-refractivity contribution in [2.45, 2.75) is 39.0 Å². The number of nitrogens with zero attached hydrogens (tertiary/aromatic N) is 4. The average molecular weight is 582 g/mol. The minimum absolute atomic E-state index is 0.0634. The summed E-state index contributed by atoms with van der Waals surface area (Å²) in [5.41, 5.74) is 8.55. The number of carbonyl (C=O) groups is 2. The number of hydrogen-bond donors (Lipinski definition) is 1. The van der Waals surface area contributed by atoms with E-state index in [4.69, 9.17) is 0 Å². The van der Waals surface area contributed by atoms with Crippen LogP contribution in [-0.2, 0) is 26.2 Å². The standard InChI is InChI=1S/C37H35N5O2/c43-36(39-23-27-8-7-19-38-22-27)35-18-17-32-26-42(34-12-4-2-10-31(34)25-41(32)35)37(44)29-15-13-28(14-16-29)33-11-3-1-9-30(33)24-40-20-5-6-21-40/h1-4,7-19,22H,5-6,20-21,23-26H2,(H,39,43). The summed E-state index contributed by atoms with van der Waals surface area (Å²) < 4.78 is 2.02. The van der Waals surface area contributed by atoms with Gasteiger partial charge in [0.1, 0.15) is 5.69 Å². The van der Waals surface area contributed by atoms with Crippen molar-refractivity contribution in [3.63, 3.8) is 0 Å². The Morgan fingerprint density at radius 2 is 1.59 bits per heavy atom. The number of para-hydroxylation sites is 1. The Morgan fingerprint density at radius 3 is 2.41 bits per heavy atom. The zero-order chi connectivity index (χ0) is 29.9. The molecule has 5 aromatic rings. The van der Waals surface area contributed by atoms with Gasteiger partial charge in [-0.15, -0.1) is 0 Å². The van der Waals surface area contributed by atoms with Crippen LogP contribution >= 0.6 is 0 Å². The highest BCUT2D eigenvalue weighted by atomic mass is 16.2. The van der Waals surface area contributed by atoms with Gasteiger partial charge in [-0.05, 0) is 90.1 Å². The molecule has 4 heterocycles. The third-order valence-electron chi connectivity index (χ3n) is 8.71. The van der Waals surface area contributed by atoms with E-state index in [2.05, 4.69) is 51.6 Å². The number of amides is 2. The van der Waals surface area contributed by atoms with Crippen molar-refractivity contribution in [3.05, 3.63) is 143 Å². The third-order valence-corrected chi connectivity index (χ3v) is 8.71. The lowest BCUT2D eigenvalue weighted by molar-refractivity contribution is 0.0941. The van der Waals surface area contributed by atoms with Crippen LogP contribution in [-0.4, -0.2) is 39.4 Å². The van der Waals surface area contributed by atoms with Crippen molar-refractivity contribution in [1.29, 1.82) is 0 Å². The van der Waals surface area contributed by atoms with Crippen molar-refractivity contribution in [1.82, 2.24) is 19.8 Å². The van der Waals surface area contributed by atoms with Crippen LogP contribution in [0.1, 0.15) is 56.1 Å². The fourth-order valence-electron chi connectivity index (χ4n) is 6.38. The molecule has 7 nitrogen and oxygen atoms in total. The molecule has 2 aromatic heterocycles. The summed E-state index contributed by atoms with van der Waals surface area (Å²) in [6, 6.07) is 32.1. The van der Waals surface area contributed by atoms with E-state index in [0.29, 0.717) is 30.9 Å². The van der Waals surface area contributed by atoms with Crippen molar-refractivity contribution < 1.29 is 9.59 Å². The van der Waals surface area contributed by atoms with Gasteiger partial charge in [-0.2, -0.15) is 0 Å². The molecule has 1 N–H and O–H groups in total. The maximum absolute atomic E-state index is 14.1. The highest BCUT2D eigenvalue weighted by Crippen LogP contribution is 2.31. The first kappa shape index (κ1) is 27.8. The summed E-state index contributed by atoms with van der Waals surface area (Å²) >= 11 is 0. The largest absolute Gasteiger partial charge is 0.347 e. The number of rotatable bonds is 7. The molecule has 0 aliphatic carbocycles. The lowest BCUT2D eigenvalue weighted by Crippen LogP contribution is -2.30. The molecule has 0 unspecified atom stereocenters. The predicted molar refractivity (Wildman–Crippen MR) is 172 cm³/mol. The van der Waals surface area contributed by atoms with Gasteiger partial charge in [0.2, 0.25) is 0 Å². The topological polar surface area (TPSA) is 70.5 Å². The molecule has 1 fully saturated rings. The first-order valence-electron chi connectivity index (χ1n) is 15.3. The van der Waals surface area contributed by atoms with Crippen LogP contribution in [0.15, 0.2) is 109 Å². The van der Waals surface area contributed by atoms with E-state index < -0.39 is 0 Å². The van der Waals surface area contributed by atoms with E-state index in [1.54, 1.807) is 12.4 Å². The molecule has 0 saturated carbocycles. The molecule has 0 spiro atoms. The molecule has 220 valence electrons. The molecule has 0 bridgehead atoms. The van der Waals surface area contributed by atoms with Crippen LogP contribution in [0.2, 0.25) is 0 Å².